The lowest BCUT2D eigenvalue weighted by molar-refractivity contribution is -0.114. The van der Waals surface area contributed by atoms with Gasteiger partial charge in [-0.15, -0.1) is 10.2 Å². The predicted molar refractivity (Wildman–Crippen MR) is 145 cm³/mol. The molecule has 0 spiro atoms. The molecule has 4 aromatic rings. The van der Waals surface area contributed by atoms with Gasteiger partial charge in [0, 0.05) is 29.5 Å². The highest BCUT2D eigenvalue weighted by molar-refractivity contribution is 7.99. The van der Waals surface area contributed by atoms with Crippen molar-refractivity contribution in [3.63, 3.8) is 0 Å². The Morgan fingerprint density at radius 1 is 0.865 bits per heavy atom. The highest BCUT2D eigenvalue weighted by Crippen LogP contribution is 2.30. The summed E-state index contributed by atoms with van der Waals surface area (Å²) in [4.78, 5) is 23.9. The van der Waals surface area contributed by atoms with Gasteiger partial charge in [0.25, 0.3) is 0 Å². The van der Waals surface area contributed by atoms with Crippen LogP contribution >= 0.6 is 11.8 Å². The van der Waals surface area contributed by atoms with Crippen LogP contribution in [0.5, 0.6) is 11.5 Å². The van der Waals surface area contributed by atoms with E-state index in [4.69, 9.17) is 9.47 Å². The average molecular weight is 518 g/mol. The second kappa shape index (κ2) is 12.1. The molecular formula is C27H27N5O4S. The van der Waals surface area contributed by atoms with Crippen LogP contribution in [-0.4, -0.2) is 46.0 Å². The third-order valence-electron chi connectivity index (χ3n) is 5.21. The van der Waals surface area contributed by atoms with Gasteiger partial charge >= 0.3 is 0 Å². The van der Waals surface area contributed by atoms with Gasteiger partial charge < -0.3 is 20.1 Å². The van der Waals surface area contributed by atoms with Gasteiger partial charge in [0.15, 0.2) is 11.0 Å². The second-order valence-electron chi connectivity index (χ2n) is 7.89. The fourth-order valence-electron chi connectivity index (χ4n) is 3.55. The maximum absolute atomic E-state index is 12.7. The number of carbonyl (C=O) groups excluding carboxylic acids is 2. The van der Waals surface area contributed by atoms with Crippen LogP contribution in [0.4, 0.5) is 11.4 Å². The third kappa shape index (κ3) is 6.68. The molecule has 4 rings (SSSR count). The van der Waals surface area contributed by atoms with Crippen LogP contribution in [0.1, 0.15) is 13.8 Å². The summed E-state index contributed by atoms with van der Waals surface area (Å²) in [6.45, 7) is 3.96. The van der Waals surface area contributed by atoms with Crippen molar-refractivity contribution >= 4 is 35.0 Å². The predicted octanol–water partition coefficient (Wildman–Crippen LogP) is 5.03. The van der Waals surface area contributed by atoms with Crippen LogP contribution in [0.2, 0.25) is 0 Å². The number of hydrogen-bond donors (Lipinski definition) is 2. The molecular weight excluding hydrogens is 490 g/mol. The number of carbonyl (C=O) groups is 2. The molecule has 9 nitrogen and oxygen atoms in total. The van der Waals surface area contributed by atoms with E-state index in [0.717, 1.165) is 22.7 Å². The molecule has 1 aromatic heterocycles. The lowest BCUT2D eigenvalue weighted by Crippen LogP contribution is -2.14. The SMILES string of the molecule is CCOc1ccc(-n2c(SCC(=O)Nc3ccc(NC(C)=O)cc3)nnc2-c2ccc(OC)cc2)cc1. The van der Waals surface area contributed by atoms with Crippen LogP contribution < -0.4 is 20.1 Å². The number of rotatable bonds is 10. The van der Waals surface area contributed by atoms with Crippen molar-refractivity contribution in [3.8, 4) is 28.6 Å². The number of ether oxygens (including phenoxy) is 2. The molecule has 0 atom stereocenters. The number of thioether (sulfide) groups is 1. The summed E-state index contributed by atoms with van der Waals surface area (Å²) in [5.41, 5.74) is 2.99. The van der Waals surface area contributed by atoms with Crippen molar-refractivity contribution in [2.24, 2.45) is 0 Å². The maximum atomic E-state index is 12.7. The largest absolute Gasteiger partial charge is 0.497 e. The van der Waals surface area contributed by atoms with Gasteiger partial charge in [0.2, 0.25) is 11.8 Å². The molecule has 0 radical (unpaired) electrons. The molecule has 10 heteroatoms. The van der Waals surface area contributed by atoms with E-state index in [-0.39, 0.29) is 17.6 Å². The van der Waals surface area contributed by atoms with Crippen molar-refractivity contribution < 1.29 is 19.1 Å². The number of hydrogen-bond acceptors (Lipinski definition) is 7. The monoisotopic (exact) mass is 517 g/mol. The molecule has 0 bridgehead atoms. The Balaban J connectivity index is 1.54. The van der Waals surface area contributed by atoms with Gasteiger partial charge in [0.1, 0.15) is 11.5 Å². The van der Waals surface area contributed by atoms with E-state index < -0.39 is 0 Å². The molecule has 0 aliphatic carbocycles. The fraction of sp³-hybridized carbons (Fsp3) is 0.185. The number of nitrogens with zero attached hydrogens (tertiary/aromatic N) is 3. The van der Waals surface area contributed by atoms with Crippen LogP contribution in [0, 0.1) is 0 Å². The van der Waals surface area contributed by atoms with Gasteiger partial charge in [-0.25, -0.2) is 0 Å². The first-order valence-electron chi connectivity index (χ1n) is 11.6. The molecule has 3 aromatic carbocycles. The Labute approximate surface area is 219 Å². The number of anilines is 2. The zero-order chi connectivity index (χ0) is 26.2. The summed E-state index contributed by atoms with van der Waals surface area (Å²) < 4.78 is 12.8. The molecule has 1 heterocycles. The van der Waals surface area contributed by atoms with Crippen molar-refractivity contribution in [1.82, 2.24) is 14.8 Å². The fourth-order valence-corrected chi connectivity index (χ4v) is 4.30. The molecule has 190 valence electrons. The summed E-state index contributed by atoms with van der Waals surface area (Å²) in [5, 5.41) is 14.9. The number of amides is 2. The number of methoxy groups -OCH3 is 1. The molecule has 37 heavy (non-hydrogen) atoms. The molecule has 0 aliphatic rings. The number of aromatic nitrogens is 3. The smallest absolute Gasteiger partial charge is 0.234 e. The highest BCUT2D eigenvalue weighted by Gasteiger charge is 2.18. The quantitative estimate of drug-likeness (QED) is 0.284. The highest BCUT2D eigenvalue weighted by atomic mass is 32.2. The topological polar surface area (TPSA) is 107 Å². The Morgan fingerprint density at radius 3 is 2.08 bits per heavy atom. The first kappa shape index (κ1) is 25.8. The second-order valence-corrected chi connectivity index (χ2v) is 8.83. The van der Waals surface area contributed by atoms with Crippen LogP contribution in [-0.2, 0) is 9.59 Å². The van der Waals surface area contributed by atoms with E-state index in [1.165, 1.54) is 18.7 Å². The van der Waals surface area contributed by atoms with Gasteiger partial charge in [-0.1, -0.05) is 11.8 Å². The van der Waals surface area contributed by atoms with Crippen molar-refractivity contribution in [2.75, 3.05) is 30.1 Å². The van der Waals surface area contributed by atoms with Gasteiger partial charge in [-0.05, 0) is 79.7 Å². The lowest BCUT2D eigenvalue weighted by atomic mass is 10.2. The summed E-state index contributed by atoms with van der Waals surface area (Å²) in [7, 11) is 1.62. The minimum Gasteiger partial charge on any atom is -0.497 e. The molecule has 0 unspecified atom stereocenters. The minimum absolute atomic E-state index is 0.130. The van der Waals surface area contributed by atoms with Crippen molar-refractivity contribution in [2.45, 2.75) is 19.0 Å². The van der Waals surface area contributed by atoms with E-state index in [0.29, 0.717) is 29.0 Å². The van der Waals surface area contributed by atoms with Gasteiger partial charge in [0.05, 0.1) is 19.5 Å². The Bertz CT molecular complexity index is 1350. The number of nitrogens with one attached hydrogen (secondary N) is 2. The first-order chi connectivity index (χ1) is 18.0. The van der Waals surface area contributed by atoms with Crippen LogP contribution in [0.15, 0.2) is 78.0 Å². The standard InChI is InChI=1S/C27H27N5O4S/c1-4-36-24-15-11-22(12-16-24)32-26(19-5-13-23(35-3)14-6-19)30-31-27(32)37-17-25(34)29-21-9-7-20(8-10-21)28-18(2)33/h5-16H,4,17H2,1-3H3,(H,28,33)(H,29,34). The molecule has 0 saturated carbocycles. The minimum atomic E-state index is -0.190. The zero-order valence-corrected chi connectivity index (χ0v) is 21.5. The summed E-state index contributed by atoms with van der Waals surface area (Å²) >= 11 is 1.28. The first-order valence-corrected chi connectivity index (χ1v) is 12.6. The zero-order valence-electron chi connectivity index (χ0n) is 20.7. The normalized spacial score (nSPS) is 10.6. The van der Waals surface area contributed by atoms with E-state index in [1.807, 2.05) is 60.0 Å². The summed E-state index contributed by atoms with van der Waals surface area (Å²) in [5.74, 6) is 1.94. The molecule has 2 amide bonds. The van der Waals surface area contributed by atoms with Crippen LogP contribution in [0.3, 0.4) is 0 Å². The van der Waals surface area contributed by atoms with Gasteiger partial charge in [-0.2, -0.15) is 0 Å². The number of benzene rings is 3. The van der Waals surface area contributed by atoms with Crippen molar-refractivity contribution in [1.29, 1.82) is 0 Å². The molecule has 2 N–H and O–H groups in total. The average Bonchev–Trinajstić information content (AvgIpc) is 3.33. The Hall–Kier alpha value is -4.31. The van der Waals surface area contributed by atoms with Crippen LogP contribution in [0.25, 0.3) is 17.1 Å². The van der Waals surface area contributed by atoms with E-state index in [1.54, 1.807) is 31.4 Å². The van der Waals surface area contributed by atoms with E-state index >= 15 is 0 Å². The van der Waals surface area contributed by atoms with E-state index in [2.05, 4.69) is 20.8 Å². The maximum Gasteiger partial charge on any atom is 0.234 e. The summed E-state index contributed by atoms with van der Waals surface area (Å²) in [6.07, 6.45) is 0. The van der Waals surface area contributed by atoms with Gasteiger partial charge in [-0.3, -0.25) is 14.2 Å². The molecule has 0 aliphatic heterocycles. The molecule has 0 fully saturated rings. The Kier molecular flexibility index (Phi) is 8.42. The summed E-state index contributed by atoms with van der Waals surface area (Å²) in [6, 6.07) is 22.1. The molecule has 0 saturated heterocycles. The Morgan fingerprint density at radius 2 is 1.49 bits per heavy atom. The lowest BCUT2D eigenvalue weighted by Gasteiger charge is -2.12. The third-order valence-corrected chi connectivity index (χ3v) is 6.14. The van der Waals surface area contributed by atoms with Crippen molar-refractivity contribution in [3.05, 3.63) is 72.8 Å². The van der Waals surface area contributed by atoms with E-state index in [9.17, 15) is 9.59 Å².